The second-order valence-electron chi connectivity index (χ2n) is 11.0. The van der Waals surface area contributed by atoms with Gasteiger partial charge in [0.05, 0.1) is 6.42 Å². The third kappa shape index (κ3) is 5.22. The molecule has 1 fully saturated rings. The van der Waals surface area contributed by atoms with Crippen molar-refractivity contribution in [1.29, 1.82) is 0 Å². The molecule has 1 aromatic carbocycles. The van der Waals surface area contributed by atoms with E-state index in [4.69, 9.17) is 4.74 Å². The summed E-state index contributed by atoms with van der Waals surface area (Å²) in [7, 11) is -3.98. The van der Waals surface area contributed by atoms with E-state index in [9.17, 15) is 31.5 Å². The van der Waals surface area contributed by atoms with Crippen LogP contribution >= 0.6 is 0 Å². The average Bonchev–Trinajstić information content (AvgIpc) is 3.39. The van der Waals surface area contributed by atoms with E-state index >= 15 is 0 Å². The first-order valence-electron chi connectivity index (χ1n) is 13.7. The summed E-state index contributed by atoms with van der Waals surface area (Å²) in [4.78, 5) is 16.2. The maximum absolute atomic E-state index is 13.8. The molecular formula is C29H28F3N5O5S. The van der Waals surface area contributed by atoms with Crippen LogP contribution in [0.1, 0.15) is 58.8 Å². The van der Waals surface area contributed by atoms with Crippen LogP contribution in [0.2, 0.25) is 0 Å². The van der Waals surface area contributed by atoms with Gasteiger partial charge in [0.1, 0.15) is 11.0 Å². The number of carboxylic acid groups (broad SMARTS) is 1. The van der Waals surface area contributed by atoms with E-state index in [1.807, 2.05) is 6.92 Å². The predicted molar refractivity (Wildman–Crippen MR) is 147 cm³/mol. The summed E-state index contributed by atoms with van der Waals surface area (Å²) in [6.07, 6.45) is -0.880. The third-order valence-electron chi connectivity index (χ3n) is 8.40. The summed E-state index contributed by atoms with van der Waals surface area (Å²) in [5, 5.41) is 16.8. The number of alkyl halides is 3. The van der Waals surface area contributed by atoms with Crippen molar-refractivity contribution in [1.82, 2.24) is 23.9 Å². The molecule has 2 unspecified atom stereocenters. The van der Waals surface area contributed by atoms with E-state index < -0.39 is 33.9 Å². The molecule has 6 rings (SSSR count). The summed E-state index contributed by atoms with van der Waals surface area (Å²) in [6.45, 7) is 3.72. The van der Waals surface area contributed by atoms with Crippen molar-refractivity contribution in [3.05, 3.63) is 82.4 Å². The fourth-order valence-corrected chi connectivity index (χ4v) is 7.42. The molecule has 1 aliphatic heterocycles. The van der Waals surface area contributed by atoms with Gasteiger partial charge in [-0.3, -0.25) is 9.20 Å². The summed E-state index contributed by atoms with van der Waals surface area (Å²) in [6, 6.07) is 9.82. The second kappa shape index (κ2) is 10.6. The normalized spacial score (nSPS) is 20.7. The molecule has 0 radical (unpaired) electrons. The van der Waals surface area contributed by atoms with Crippen molar-refractivity contribution in [3.8, 4) is 5.88 Å². The second-order valence-corrected chi connectivity index (χ2v) is 13.0. The number of rotatable bonds is 6. The number of hydrogen-bond donors (Lipinski definition) is 1. The number of aliphatic carboxylic acids is 1. The number of nitrogens with zero attached hydrogens (tertiary/aromatic N) is 5. The van der Waals surface area contributed by atoms with Gasteiger partial charge < -0.3 is 9.84 Å². The molecule has 0 amide bonds. The van der Waals surface area contributed by atoms with Crippen molar-refractivity contribution in [2.75, 3.05) is 6.54 Å². The smallest absolute Gasteiger partial charge is 0.452 e. The maximum atomic E-state index is 13.8. The summed E-state index contributed by atoms with van der Waals surface area (Å²) >= 11 is 0. The van der Waals surface area contributed by atoms with Crippen LogP contribution in [0.25, 0.3) is 5.65 Å². The van der Waals surface area contributed by atoms with Gasteiger partial charge in [0, 0.05) is 37.3 Å². The molecule has 43 heavy (non-hydrogen) atoms. The van der Waals surface area contributed by atoms with Crippen LogP contribution < -0.4 is 4.74 Å². The first-order chi connectivity index (χ1) is 20.3. The minimum atomic E-state index is -4.71. The van der Waals surface area contributed by atoms with Crippen molar-refractivity contribution in [2.24, 2.45) is 5.92 Å². The quantitative estimate of drug-likeness (QED) is 0.330. The van der Waals surface area contributed by atoms with Gasteiger partial charge in [0.25, 0.3) is 0 Å². The molecule has 1 aliphatic carbocycles. The Hall–Kier alpha value is -4.04. The standard InChI is InChI=1S/C29H28F3N5O5S/c1-16-5-6-18(22(13-25(38)39)21-9-11-37-26(17(21)2)34-35-28(37)29(30,31)32)12-20(16)15-36-14-19-7-8-23(19)42-27-24(43(36,40)41)4-3-10-33-27/h3-6,9-12,19,22-23H,7-8,13-15H2,1-2H3,(H,38,39)/t19?,22-,23?/m1/s1. The van der Waals surface area contributed by atoms with Crippen LogP contribution in [0, 0.1) is 19.8 Å². The lowest BCUT2D eigenvalue weighted by molar-refractivity contribution is -0.145. The molecule has 0 bridgehead atoms. The van der Waals surface area contributed by atoms with Gasteiger partial charge >= 0.3 is 12.1 Å². The van der Waals surface area contributed by atoms with Crippen molar-refractivity contribution < 1.29 is 36.2 Å². The molecule has 1 N–H and O–H groups in total. The van der Waals surface area contributed by atoms with E-state index in [2.05, 4.69) is 15.2 Å². The van der Waals surface area contributed by atoms with Gasteiger partial charge in [-0.25, -0.2) is 13.4 Å². The van der Waals surface area contributed by atoms with Crippen LogP contribution in [0.5, 0.6) is 5.88 Å². The van der Waals surface area contributed by atoms with E-state index in [0.717, 1.165) is 22.8 Å². The van der Waals surface area contributed by atoms with Gasteiger partial charge in [-0.05, 0) is 72.7 Å². The zero-order valence-electron chi connectivity index (χ0n) is 23.2. The molecular weight excluding hydrogens is 587 g/mol. The summed E-state index contributed by atoms with van der Waals surface area (Å²) < 4.78 is 76.2. The average molecular weight is 616 g/mol. The fourth-order valence-electron chi connectivity index (χ4n) is 5.87. The Labute approximate surface area is 245 Å². The van der Waals surface area contributed by atoms with Gasteiger partial charge in [-0.2, -0.15) is 17.5 Å². The molecule has 3 atom stereocenters. The number of hydrogen-bond acceptors (Lipinski definition) is 7. The predicted octanol–water partition coefficient (Wildman–Crippen LogP) is 4.73. The Morgan fingerprint density at radius 2 is 1.95 bits per heavy atom. The first kappa shape index (κ1) is 29.1. The van der Waals surface area contributed by atoms with E-state index in [1.54, 1.807) is 31.2 Å². The number of benzene rings is 1. The van der Waals surface area contributed by atoms with Gasteiger partial charge in [0.15, 0.2) is 5.65 Å². The van der Waals surface area contributed by atoms with Gasteiger partial charge in [-0.1, -0.05) is 18.2 Å². The number of aryl methyl sites for hydroxylation is 2. The molecule has 10 nitrogen and oxygen atoms in total. The monoisotopic (exact) mass is 615 g/mol. The summed E-state index contributed by atoms with van der Waals surface area (Å²) in [5.41, 5.74) is 2.90. The number of carboxylic acids is 1. The van der Waals surface area contributed by atoms with Gasteiger partial charge in [-0.15, -0.1) is 10.2 Å². The largest absolute Gasteiger partial charge is 0.481 e. The van der Waals surface area contributed by atoms with Crippen LogP contribution in [0.4, 0.5) is 13.2 Å². The molecule has 3 aromatic heterocycles. The molecule has 2 aliphatic rings. The lowest BCUT2D eigenvalue weighted by Gasteiger charge is -2.41. The highest BCUT2D eigenvalue weighted by atomic mass is 32.2. The molecule has 14 heteroatoms. The number of fused-ring (bicyclic) bond motifs is 3. The molecule has 0 saturated heterocycles. The minimum absolute atomic E-state index is 0.00614. The number of carbonyl (C=O) groups is 1. The number of pyridine rings is 2. The molecule has 1 saturated carbocycles. The zero-order chi connectivity index (χ0) is 30.7. The Bertz CT molecular complexity index is 1840. The maximum Gasteiger partial charge on any atom is 0.452 e. The number of aromatic nitrogens is 4. The van der Waals surface area contributed by atoms with Crippen LogP contribution in [-0.4, -0.2) is 56.0 Å². The SMILES string of the molecule is Cc1ccc([C@@H](CC(=O)O)c2ccn3c(C(F)(F)F)nnc3c2C)cc1CN1CC2CCC2Oc2ncccc2S1(=O)=O. The number of ether oxygens (including phenoxy) is 1. The molecule has 226 valence electrons. The number of sulfonamides is 1. The Balaban J connectivity index is 1.40. The van der Waals surface area contributed by atoms with Crippen LogP contribution in [0.15, 0.2) is 53.7 Å². The molecule has 4 aromatic rings. The van der Waals surface area contributed by atoms with E-state index in [0.29, 0.717) is 22.3 Å². The molecule has 4 heterocycles. The van der Waals surface area contributed by atoms with E-state index in [1.165, 1.54) is 28.8 Å². The van der Waals surface area contributed by atoms with Crippen LogP contribution in [-0.2, 0) is 27.5 Å². The zero-order valence-corrected chi connectivity index (χ0v) is 24.1. The first-order valence-corrected chi connectivity index (χ1v) is 15.1. The minimum Gasteiger partial charge on any atom is -0.481 e. The van der Waals surface area contributed by atoms with Crippen LogP contribution in [0.3, 0.4) is 0 Å². The van der Waals surface area contributed by atoms with Crippen molar-refractivity contribution in [3.63, 3.8) is 0 Å². The van der Waals surface area contributed by atoms with Crippen molar-refractivity contribution in [2.45, 2.75) is 62.7 Å². The lowest BCUT2D eigenvalue weighted by atomic mass is 9.81. The van der Waals surface area contributed by atoms with Gasteiger partial charge in [0.2, 0.25) is 21.7 Å². The van der Waals surface area contributed by atoms with E-state index in [-0.39, 0.29) is 48.0 Å². The third-order valence-corrected chi connectivity index (χ3v) is 10.2. The fraction of sp³-hybridized carbons (Fsp3) is 0.379. The highest BCUT2D eigenvalue weighted by molar-refractivity contribution is 7.89. The Morgan fingerprint density at radius 1 is 1.16 bits per heavy atom. The number of halogens is 3. The molecule has 0 spiro atoms. The highest BCUT2D eigenvalue weighted by Crippen LogP contribution is 2.40. The summed E-state index contributed by atoms with van der Waals surface area (Å²) in [5.74, 6) is -2.93. The Kier molecular flexibility index (Phi) is 7.16. The Morgan fingerprint density at radius 3 is 2.65 bits per heavy atom. The lowest BCUT2D eigenvalue weighted by Crippen LogP contribution is -2.48. The topological polar surface area (TPSA) is 127 Å². The van der Waals surface area contributed by atoms with Crippen molar-refractivity contribution >= 4 is 21.6 Å². The highest BCUT2D eigenvalue weighted by Gasteiger charge is 2.42.